The number of ether oxygens (including phenoxy) is 1. The highest BCUT2D eigenvalue weighted by molar-refractivity contribution is 6.46. The fourth-order valence-corrected chi connectivity index (χ4v) is 8.81. The van der Waals surface area contributed by atoms with Crippen molar-refractivity contribution in [1.82, 2.24) is 0 Å². The number of hydrogen-bond donors (Lipinski definition) is 0. The molecule has 4 heteroatoms. The van der Waals surface area contributed by atoms with Crippen LogP contribution in [-0.2, 0) is 14.3 Å². The predicted octanol–water partition coefficient (Wildman–Crippen LogP) is 5.70. The SMILES string of the molecule is C=C1CC[C@H]2[C@]3(C)CC[C@H]4[C@@](Cl)(C(=O)OCC)C(=O)CC[C@]4(C)[C@H]3CC[C@]12C. The number of ketones is 1. The number of Topliss-reactive ketones (excluding diaryl/α,β-unsaturated/α-hetero) is 1. The van der Waals surface area contributed by atoms with Gasteiger partial charge in [0.2, 0.25) is 4.87 Å². The third-order valence-electron chi connectivity index (χ3n) is 9.77. The molecular weight excluding hydrogens is 372 g/mol. The van der Waals surface area contributed by atoms with Crippen molar-refractivity contribution < 1.29 is 14.3 Å². The molecule has 3 nitrogen and oxygen atoms in total. The molecule has 4 aliphatic rings. The lowest BCUT2D eigenvalue weighted by molar-refractivity contribution is -0.180. The van der Waals surface area contributed by atoms with E-state index in [1.807, 2.05) is 0 Å². The summed E-state index contributed by atoms with van der Waals surface area (Å²) in [5.41, 5.74) is 1.81. The van der Waals surface area contributed by atoms with E-state index in [1.165, 1.54) is 18.4 Å². The Bertz CT molecular complexity index is 731. The summed E-state index contributed by atoms with van der Waals surface area (Å²) in [6.45, 7) is 13.7. The number of esters is 1. The largest absolute Gasteiger partial charge is 0.464 e. The molecule has 0 spiro atoms. The van der Waals surface area contributed by atoms with Crippen molar-refractivity contribution in [1.29, 1.82) is 0 Å². The summed E-state index contributed by atoms with van der Waals surface area (Å²) in [6.07, 6.45) is 7.77. The van der Waals surface area contributed by atoms with E-state index in [-0.39, 0.29) is 34.6 Å². The molecule has 0 heterocycles. The molecule has 0 radical (unpaired) electrons. The van der Waals surface area contributed by atoms with Gasteiger partial charge in [0.05, 0.1) is 6.61 Å². The summed E-state index contributed by atoms with van der Waals surface area (Å²) < 4.78 is 5.31. The van der Waals surface area contributed by atoms with Crippen LogP contribution in [0.1, 0.15) is 79.1 Å². The van der Waals surface area contributed by atoms with Crippen molar-refractivity contribution in [3.05, 3.63) is 12.2 Å². The number of halogens is 1. The summed E-state index contributed by atoms with van der Waals surface area (Å²) in [7, 11) is 0. The van der Waals surface area contributed by atoms with Crippen molar-refractivity contribution in [2.75, 3.05) is 6.61 Å². The zero-order valence-corrected chi connectivity index (χ0v) is 18.7. The molecule has 28 heavy (non-hydrogen) atoms. The molecule has 7 atom stereocenters. The number of carbonyl (C=O) groups is 2. The van der Waals surface area contributed by atoms with E-state index in [0.29, 0.717) is 18.3 Å². The van der Waals surface area contributed by atoms with Gasteiger partial charge in [-0.2, -0.15) is 0 Å². The minimum absolute atomic E-state index is 0.0966. The first-order valence-electron chi connectivity index (χ1n) is 11.1. The van der Waals surface area contributed by atoms with Crippen LogP contribution in [0.3, 0.4) is 0 Å². The monoisotopic (exact) mass is 406 g/mol. The molecule has 0 aliphatic heterocycles. The number of fused-ring (bicyclic) bond motifs is 5. The highest BCUT2D eigenvalue weighted by atomic mass is 35.5. The molecule has 0 saturated heterocycles. The van der Waals surface area contributed by atoms with Gasteiger partial charge in [0, 0.05) is 12.3 Å². The fourth-order valence-electron chi connectivity index (χ4n) is 8.31. The number of alkyl halides is 1. The van der Waals surface area contributed by atoms with Crippen molar-refractivity contribution in [3.8, 4) is 0 Å². The van der Waals surface area contributed by atoms with Crippen LogP contribution in [-0.4, -0.2) is 23.2 Å². The van der Waals surface area contributed by atoms with Crippen LogP contribution >= 0.6 is 11.6 Å². The number of hydrogen-bond acceptors (Lipinski definition) is 3. The average Bonchev–Trinajstić information content (AvgIpc) is 2.94. The normalized spacial score (nSPS) is 50.5. The molecule has 0 bridgehead atoms. The second-order valence-electron chi connectivity index (χ2n) is 10.7. The maximum Gasteiger partial charge on any atom is 0.335 e. The van der Waals surface area contributed by atoms with Crippen LogP contribution in [0.25, 0.3) is 0 Å². The van der Waals surface area contributed by atoms with Crippen molar-refractivity contribution in [2.45, 2.75) is 83.9 Å². The Balaban J connectivity index is 1.74. The van der Waals surface area contributed by atoms with Crippen LogP contribution in [0, 0.1) is 34.0 Å². The van der Waals surface area contributed by atoms with Gasteiger partial charge in [-0.25, -0.2) is 4.79 Å². The quantitative estimate of drug-likeness (QED) is 0.256. The molecule has 0 aromatic rings. The Kier molecular flexibility index (Phi) is 4.62. The maximum atomic E-state index is 12.9. The number of rotatable bonds is 2. The van der Waals surface area contributed by atoms with Crippen LogP contribution in [0.2, 0.25) is 0 Å². The molecule has 0 amide bonds. The first kappa shape index (κ1) is 20.4. The van der Waals surface area contributed by atoms with Gasteiger partial charge in [0.25, 0.3) is 0 Å². The second kappa shape index (κ2) is 6.33. The lowest BCUT2D eigenvalue weighted by Crippen LogP contribution is -2.65. The second-order valence-corrected chi connectivity index (χ2v) is 11.3. The smallest absolute Gasteiger partial charge is 0.335 e. The minimum atomic E-state index is -1.50. The molecule has 4 aliphatic carbocycles. The van der Waals surface area contributed by atoms with E-state index >= 15 is 0 Å². The predicted molar refractivity (Wildman–Crippen MR) is 111 cm³/mol. The van der Waals surface area contributed by atoms with Crippen molar-refractivity contribution >= 4 is 23.4 Å². The van der Waals surface area contributed by atoms with Crippen LogP contribution in [0.5, 0.6) is 0 Å². The average molecular weight is 407 g/mol. The summed E-state index contributed by atoms with van der Waals surface area (Å²) in [5, 5.41) is 0. The van der Waals surface area contributed by atoms with Gasteiger partial charge in [0.15, 0.2) is 5.78 Å². The Hall–Kier alpha value is -0.830. The van der Waals surface area contributed by atoms with E-state index in [1.54, 1.807) is 6.92 Å². The van der Waals surface area contributed by atoms with Gasteiger partial charge in [0.1, 0.15) is 0 Å². The van der Waals surface area contributed by atoms with E-state index in [2.05, 4.69) is 27.4 Å². The van der Waals surface area contributed by atoms with Gasteiger partial charge < -0.3 is 4.74 Å². The third-order valence-corrected chi connectivity index (χ3v) is 10.4. The molecule has 0 aromatic heterocycles. The lowest BCUT2D eigenvalue weighted by Gasteiger charge is -2.66. The highest BCUT2D eigenvalue weighted by Gasteiger charge is 2.69. The van der Waals surface area contributed by atoms with Gasteiger partial charge >= 0.3 is 5.97 Å². The van der Waals surface area contributed by atoms with Gasteiger partial charge in [-0.3, -0.25) is 4.79 Å². The summed E-state index contributed by atoms with van der Waals surface area (Å²) in [5.74, 6) is 0.357. The van der Waals surface area contributed by atoms with E-state index < -0.39 is 10.8 Å². The standard InChI is InChI=1S/C24H35ClO3/c1-6-28-20(27)24(25)18-10-13-22(4)16-8-7-15(2)21(16,3)12-9-17(22)23(18,5)14-11-19(24)26/h16-18H,2,6-14H2,1,3-5H3/t16-,17+,18-,21-,22+,23-,24+/m1/s1. The summed E-state index contributed by atoms with van der Waals surface area (Å²) >= 11 is 6.92. The van der Waals surface area contributed by atoms with E-state index in [0.717, 1.165) is 32.1 Å². The third kappa shape index (κ3) is 2.35. The molecule has 0 aromatic carbocycles. The molecule has 0 unspecified atom stereocenters. The molecule has 156 valence electrons. The van der Waals surface area contributed by atoms with Gasteiger partial charge in [-0.05, 0) is 80.0 Å². The fraction of sp³-hybridized carbons (Fsp3) is 0.833. The maximum absolute atomic E-state index is 12.9. The Morgan fingerprint density at radius 1 is 1.04 bits per heavy atom. The molecule has 0 N–H and O–H groups in total. The van der Waals surface area contributed by atoms with Gasteiger partial charge in [-0.1, -0.05) is 44.5 Å². The Morgan fingerprint density at radius 3 is 2.36 bits per heavy atom. The van der Waals surface area contributed by atoms with E-state index in [9.17, 15) is 9.59 Å². The first-order chi connectivity index (χ1) is 13.0. The topological polar surface area (TPSA) is 43.4 Å². The highest BCUT2D eigenvalue weighted by Crippen LogP contribution is 2.73. The zero-order valence-electron chi connectivity index (χ0n) is 17.9. The van der Waals surface area contributed by atoms with Crippen LogP contribution < -0.4 is 0 Å². The summed E-state index contributed by atoms with van der Waals surface area (Å²) in [4.78, 5) is 24.3. The number of allylic oxidation sites excluding steroid dienone is 1. The van der Waals surface area contributed by atoms with Crippen molar-refractivity contribution in [3.63, 3.8) is 0 Å². The summed E-state index contributed by atoms with van der Waals surface area (Å²) in [6, 6.07) is 0. The first-order valence-corrected chi connectivity index (χ1v) is 11.5. The zero-order chi connectivity index (χ0) is 20.5. The lowest BCUT2D eigenvalue weighted by atomic mass is 9.38. The molecular formula is C24H35ClO3. The molecule has 4 fully saturated rings. The minimum Gasteiger partial charge on any atom is -0.464 e. The van der Waals surface area contributed by atoms with Crippen molar-refractivity contribution in [2.24, 2.45) is 34.0 Å². The van der Waals surface area contributed by atoms with Crippen LogP contribution in [0.15, 0.2) is 12.2 Å². The van der Waals surface area contributed by atoms with Crippen LogP contribution in [0.4, 0.5) is 0 Å². The number of carbonyl (C=O) groups excluding carboxylic acids is 2. The molecule has 4 saturated carbocycles. The Morgan fingerprint density at radius 2 is 1.68 bits per heavy atom. The Labute approximate surface area is 174 Å². The van der Waals surface area contributed by atoms with Gasteiger partial charge in [-0.15, -0.1) is 0 Å². The molecule has 4 rings (SSSR count). The van der Waals surface area contributed by atoms with E-state index in [4.69, 9.17) is 16.3 Å².